The lowest BCUT2D eigenvalue weighted by atomic mass is 9.88. The zero-order valence-corrected chi connectivity index (χ0v) is 34.2. The van der Waals surface area contributed by atoms with Crippen LogP contribution in [-0.2, 0) is 45.4 Å². The first-order valence-corrected chi connectivity index (χ1v) is 20.4. The van der Waals surface area contributed by atoms with Gasteiger partial charge in [0.2, 0.25) is 17.3 Å². The fourth-order valence-corrected chi connectivity index (χ4v) is 10.1. The lowest BCUT2D eigenvalue weighted by Crippen LogP contribution is -2.40. The third-order valence-corrected chi connectivity index (χ3v) is 13.2. The summed E-state index contributed by atoms with van der Waals surface area (Å²) >= 11 is 6.57. The molecule has 0 spiro atoms. The number of fused-ring (bicyclic) bond motifs is 4. The van der Waals surface area contributed by atoms with Crippen molar-refractivity contribution in [2.24, 2.45) is 0 Å². The Morgan fingerprint density at radius 1 is 0.793 bits per heavy atom. The third-order valence-electron chi connectivity index (χ3n) is 12.9. The van der Waals surface area contributed by atoms with Crippen molar-refractivity contribution >= 4 is 11.6 Å². The summed E-state index contributed by atoms with van der Waals surface area (Å²) in [6, 6.07) is 16.3. The number of para-hydroxylation sites is 1. The number of aromatic nitrogens is 7. The second-order valence-electron chi connectivity index (χ2n) is 15.9. The van der Waals surface area contributed by atoms with E-state index in [0.29, 0.717) is 35.9 Å². The predicted octanol–water partition coefficient (Wildman–Crippen LogP) is 5.66. The molecule has 3 atom stereocenters. The number of aryl methyl sites for hydroxylation is 2. The van der Waals surface area contributed by atoms with Crippen LogP contribution in [0.1, 0.15) is 75.4 Å². The van der Waals surface area contributed by atoms with Gasteiger partial charge < -0.3 is 19.3 Å². The van der Waals surface area contributed by atoms with Gasteiger partial charge in [0, 0.05) is 72.6 Å². The smallest absolute Gasteiger partial charge is 0.392 e. The van der Waals surface area contributed by atoms with Gasteiger partial charge in [-0.1, -0.05) is 23.7 Å². The summed E-state index contributed by atoms with van der Waals surface area (Å²) in [5.41, 5.74) is 13.7. The average Bonchev–Trinajstić information content (AvgIpc) is 4.03. The lowest BCUT2D eigenvalue weighted by Gasteiger charge is -2.35. The van der Waals surface area contributed by atoms with E-state index in [4.69, 9.17) is 41.0 Å². The van der Waals surface area contributed by atoms with Crippen molar-refractivity contribution in [1.29, 1.82) is 0 Å². The summed E-state index contributed by atoms with van der Waals surface area (Å²) in [4.78, 5) is 14.2. The van der Waals surface area contributed by atoms with E-state index < -0.39 is 6.10 Å². The van der Waals surface area contributed by atoms with Gasteiger partial charge in [-0.2, -0.15) is 10.2 Å². The first-order chi connectivity index (χ1) is 28.2. The maximum atomic E-state index is 12.0. The van der Waals surface area contributed by atoms with E-state index >= 15 is 0 Å². The van der Waals surface area contributed by atoms with E-state index in [9.17, 15) is 5.11 Å². The largest absolute Gasteiger partial charge is 0.496 e. The Morgan fingerprint density at radius 2 is 1.62 bits per heavy atom. The van der Waals surface area contributed by atoms with Crippen LogP contribution in [0, 0.1) is 13.8 Å². The van der Waals surface area contributed by atoms with Crippen molar-refractivity contribution in [1.82, 2.24) is 39.3 Å². The fourth-order valence-electron chi connectivity index (χ4n) is 9.90. The molecule has 1 N–H and O–H groups in total. The topological polar surface area (TPSA) is 120 Å². The van der Waals surface area contributed by atoms with Gasteiger partial charge in [0.25, 0.3) is 0 Å². The number of rotatable bonds is 8. The quantitative estimate of drug-likeness (QED) is 0.193. The second kappa shape index (κ2) is 14.5. The Kier molecular flexibility index (Phi) is 9.23. The van der Waals surface area contributed by atoms with Gasteiger partial charge in [0.05, 0.1) is 67.8 Å². The molecule has 2 aliphatic carbocycles. The molecule has 13 nitrogen and oxygen atoms in total. The Labute approximate surface area is 342 Å². The molecule has 2 aromatic carbocycles. The van der Waals surface area contributed by atoms with Crippen LogP contribution < -0.4 is 18.8 Å². The number of ether oxygens (including phenoxy) is 3. The van der Waals surface area contributed by atoms with Gasteiger partial charge in [0.15, 0.2) is 0 Å². The van der Waals surface area contributed by atoms with Crippen LogP contribution in [-0.4, -0.2) is 77.8 Å². The molecule has 10 rings (SSSR count). The molecule has 0 saturated carbocycles. The van der Waals surface area contributed by atoms with E-state index in [1.54, 1.807) is 27.5 Å². The van der Waals surface area contributed by atoms with Crippen LogP contribution in [0.3, 0.4) is 0 Å². The number of halogens is 1. The molecule has 0 fully saturated rings. The van der Waals surface area contributed by atoms with Gasteiger partial charge in [-0.05, 0) is 75.3 Å². The predicted molar refractivity (Wildman–Crippen MR) is 216 cm³/mol. The third kappa shape index (κ3) is 5.97. The van der Waals surface area contributed by atoms with Gasteiger partial charge in [-0.3, -0.25) is 9.80 Å². The van der Waals surface area contributed by atoms with Crippen molar-refractivity contribution in [2.45, 2.75) is 90.3 Å². The molecule has 14 heteroatoms. The van der Waals surface area contributed by atoms with Gasteiger partial charge >= 0.3 is 5.88 Å². The minimum Gasteiger partial charge on any atom is -0.496 e. The summed E-state index contributed by atoms with van der Waals surface area (Å²) in [6.45, 7) is 7.07. The molecular formula is C44H47ClN9O4+. The Bertz CT molecular complexity index is 2590. The van der Waals surface area contributed by atoms with Crippen LogP contribution in [0.15, 0.2) is 60.9 Å². The minimum absolute atomic E-state index is 0.0733. The number of aliphatic hydroxyl groups is 1. The van der Waals surface area contributed by atoms with Crippen molar-refractivity contribution in [3.8, 4) is 34.6 Å². The summed E-state index contributed by atoms with van der Waals surface area (Å²) in [5.74, 6) is 2.08. The summed E-state index contributed by atoms with van der Waals surface area (Å²) in [5, 5.41) is 22.6. The first kappa shape index (κ1) is 37.0. The van der Waals surface area contributed by atoms with E-state index in [-0.39, 0.29) is 6.04 Å². The SMILES string of the molecule is COc1cc(-n2nc3c(c2C)C[C@@H](N2Cc4ncc(OC)[n+](-c5cc6c(c(OC)c5)CN([C@@H]5CCc7nn(-c8ccccc8Cl)c(C)c7[C@@H]5O)C6)c4C2)CC3)ccn1. The maximum Gasteiger partial charge on any atom is 0.392 e. The highest BCUT2D eigenvalue weighted by Crippen LogP contribution is 2.42. The van der Waals surface area contributed by atoms with Gasteiger partial charge in [-0.25, -0.2) is 19.3 Å². The highest BCUT2D eigenvalue weighted by Gasteiger charge is 2.42. The molecule has 2 aliphatic heterocycles. The highest BCUT2D eigenvalue weighted by atomic mass is 35.5. The van der Waals surface area contributed by atoms with Gasteiger partial charge in [0.1, 0.15) is 17.6 Å². The zero-order chi connectivity index (χ0) is 39.8. The molecule has 0 unspecified atom stereocenters. The number of aliphatic hydroxyl groups excluding tert-OH is 1. The fraction of sp³-hybridized carbons (Fsp3) is 0.386. The van der Waals surface area contributed by atoms with Crippen LogP contribution in [0.5, 0.6) is 17.5 Å². The summed E-state index contributed by atoms with van der Waals surface area (Å²) in [6.07, 6.45) is 7.35. The highest BCUT2D eigenvalue weighted by molar-refractivity contribution is 6.32. The van der Waals surface area contributed by atoms with Crippen LogP contribution in [0.25, 0.3) is 17.1 Å². The Balaban J connectivity index is 0.912. The number of nitrogens with zero attached hydrogens (tertiary/aromatic N) is 9. The number of hydrogen-bond acceptors (Lipinski definition) is 10. The van der Waals surface area contributed by atoms with E-state index in [1.807, 2.05) is 58.9 Å². The van der Waals surface area contributed by atoms with Crippen molar-refractivity contribution < 1.29 is 23.9 Å². The lowest BCUT2D eigenvalue weighted by molar-refractivity contribution is -0.612. The number of pyridine rings is 1. The molecule has 298 valence electrons. The van der Waals surface area contributed by atoms with Crippen LogP contribution in [0.4, 0.5) is 0 Å². The molecule has 6 heterocycles. The monoisotopic (exact) mass is 800 g/mol. The Hall–Kier alpha value is -5.34. The molecule has 0 saturated heterocycles. The standard InChI is InChI=1S/C44H47ClN9O4/c1-25-31-17-28(10-11-34(31)48-53(25)29-14-15-46-41(19-29)57-4)50-23-36-39(24-50)52(42(58-5)20-47-36)30-16-27-21-51(22-32(27)40(18-30)56-3)38-13-12-35-43(44(38)55)26(2)54(49-35)37-9-7-6-8-33(37)45/h6-9,14-16,18-20,28,38,44,55H,10-13,17,21-24H2,1-5H3/q+1/t28-,38+,44+/m0/s1. The van der Waals surface area contributed by atoms with E-state index in [0.717, 1.165) is 108 Å². The molecule has 58 heavy (non-hydrogen) atoms. The van der Waals surface area contributed by atoms with Crippen LogP contribution in [0.2, 0.25) is 5.02 Å². The number of methoxy groups -OCH3 is 3. The summed E-state index contributed by atoms with van der Waals surface area (Å²) < 4.78 is 23.6. The molecule has 0 bridgehead atoms. The van der Waals surface area contributed by atoms with Crippen LogP contribution >= 0.6 is 11.6 Å². The molecule has 0 radical (unpaired) electrons. The zero-order valence-electron chi connectivity index (χ0n) is 33.4. The maximum absolute atomic E-state index is 12.0. The number of benzene rings is 2. The van der Waals surface area contributed by atoms with E-state index in [1.165, 1.54) is 16.8 Å². The molecule has 6 aromatic rings. The second-order valence-corrected chi connectivity index (χ2v) is 16.3. The van der Waals surface area contributed by atoms with E-state index in [2.05, 4.69) is 38.4 Å². The molecule has 4 aliphatic rings. The number of hydrogen-bond donors (Lipinski definition) is 1. The van der Waals surface area contributed by atoms with Crippen molar-refractivity contribution in [3.63, 3.8) is 0 Å². The molecular weight excluding hydrogens is 754 g/mol. The summed E-state index contributed by atoms with van der Waals surface area (Å²) in [7, 11) is 5.08. The normalized spacial score (nSPS) is 20.1. The minimum atomic E-state index is -0.683. The van der Waals surface area contributed by atoms with Crippen molar-refractivity contribution in [2.75, 3.05) is 21.3 Å². The molecule has 4 aromatic heterocycles. The van der Waals surface area contributed by atoms with Crippen molar-refractivity contribution in [3.05, 3.63) is 122 Å². The van der Waals surface area contributed by atoms with Gasteiger partial charge in [-0.15, -0.1) is 4.57 Å². The average molecular weight is 801 g/mol. The molecule has 0 amide bonds. The first-order valence-electron chi connectivity index (χ1n) is 20.0. The Morgan fingerprint density at radius 3 is 2.43 bits per heavy atom.